The molecule has 2 fully saturated rings. The number of piperidine rings is 1. The first-order chi connectivity index (χ1) is 9.46. The molecule has 1 aliphatic heterocycles. The van der Waals surface area contributed by atoms with Gasteiger partial charge in [0.25, 0.3) is 0 Å². The molecule has 0 atom stereocenters. The summed E-state index contributed by atoms with van der Waals surface area (Å²) in [5, 5.41) is 6.05. The summed E-state index contributed by atoms with van der Waals surface area (Å²) in [6.45, 7) is 1.80. The third-order valence-electron chi connectivity index (χ3n) is 4.81. The van der Waals surface area contributed by atoms with Gasteiger partial charge in [-0.15, -0.1) is 12.4 Å². The van der Waals surface area contributed by atoms with E-state index in [0.717, 1.165) is 12.8 Å². The Bertz CT molecular complexity index is 441. The van der Waals surface area contributed by atoms with Gasteiger partial charge in [-0.1, -0.05) is 19.3 Å². The van der Waals surface area contributed by atoms with E-state index in [0.29, 0.717) is 38.4 Å². The minimum Gasteiger partial charge on any atom is -0.354 e. The quantitative estimate of drug-likeness (QED) is 0.809. The monoisotopic (exact) mass is 338 g/mol. The molecule has 0 bridgehead atoms. The molecule has 1 heterocycles. The van der Waals surface area contributed by atoms with Gasteiger partial charge in [0.1, 0.15) is 0 Å². The first-order valence-electron chi connectivity index (χ1n) is 7.64. The lowest BCUT2D eigenvalue weighted by Crippen LogP contribution is -2.57. The van der Waals surface area contributed by atoms with Crippen LogP contribution in [0, 0.1) is 5.92 Å². The first-order valence-corrected chi connectivity index (χ1v) is 9.53. The van der Waals surface area contributed by atoms with E-state index in [9.17, 15) is 13.2 Å². The lowest BCUT2D eigenvalue weighted by molar-refractivity contribution is -0.124. The molecule has 2 rings (SSSR count). The molecule has 5 nitrogen and oxygen atoms in total. The molecule has 0 aromatic carbocycles. The Kier molecular flexibility index (Phi) is 6.94. The number of halogens is 1. The number of carbonyl (C=O) groups is 1. The number of amides is 1. The predicted octanol–water partition coefficient (Wildman–Crippen LogP) is 1.27. The normalized spacial score (nSPS) is 23.1. The summed E-state index contributed by atoms with van der Waals surface area (Å²) >= 11 is 0. The molecule has 7 heteroatoms. The SMILES string of the molecule is CS(=O)(=O)C1(C(=O)NCC2CCCCC2)CCNCC1.Cl. The highest BCUT2D eigenvalue weighted by atomic mass is 35.5. The van der Waals surface area contributed by atoms with Crippen molar-refractivity contribution in [2.45, 2.75) is 49.7 Å². The fourth-order valence-corrected chi connectivity index (χ4v) is 4.74. The number of sulfone groups is 1. The number of nitrogens with one attached hydrogen (secondary N) is 2. The van der Waals surface area contributed by atoms with Crippen LogP contribution in [0.2, 0.25) is 0 Å². The second-order valence-electron chi connectivity index (χ2n) is 6.23. The van der Waals surface area contributed by atoms with Crippen LogP contribution in [0.25, 0.3) is 0 Å². The van der Waals surface area contributed by atoms with Crippen LogP contribution < -0.4 is 10.6 Å². The zero-order valence-corrected chi connectivity index (χ0v) is 14.3. The van der Waals surface area contributed by atoms with Gasteiger partial charge in [0.15, 0.2) is 14.6 Å². The summed E-state index contributed by atoms with van der Waals surface area (Å²) in [5.74, 6) is 0.234. The Hall–Kier alpha value is -0.330. The van der Waals surface area contributed by atoms with E-state index in [-0.39, 0.29) is 18.3 Å². The van der Waals surface area contributed by atoms with Crippen molar-refractivity contribution in [2.24, 2.45) is 5.92 Å². The van der Waals surface area contributed by atoms with E-state index in [1.54, 1.807) is 0 Å². The topological polar surface area (TPSA) is 75.3 Å². The lowest BCUT2D eigenvalue weighted by atomic mass is 9.89. The van der Waals surface area contributed by atoms with Gasteiger partial charge in [-0.2, -0.15) is 0 Å². The van der Waals surface area contributed by atoms with Gasteiger partial charge >= 0.3 is 0 Å². The van der Waals surface area contributed by atoms with Gasteiger partial charge < -0.3 is 10.6 Å². The van der Waals surface area contributed by atoms with E-state index in [1.807, 2.05) is 0 Å². The van der Waals surface area contributed by atoms with Crippen molar-refractivity contribution in [2.75, 3.05) is 25.9 Å². The fourth-order valence-electron chi connectivity index (χ4n) is 3.39. The van der Waals surface area contributed by atoms with Crippen molar-refractivity contribution in [1.82, 2.24) is 10.6 Å². The Morgan fingerprint density at radius 3 is 2.29 bits per heavy atom. The van der Waals surface area contributed by atoms with Crippen molar-refractivity contribution < 1.29 is 13.2 Å². The van der Waals surface area contributed by atoms with Gasteiger partial charge in [-0.3, -0.25) is 4.79 Å². The maximum Gasteiger partial charge on any atom is 0.241 e. The standard InChI is InChI=1S/C14H26N2O3S.ClH/c1-20(18,19)14(7-9-15-10-8-14)13(17)16-11-12-5-3-2-4-6-12;/h12,15H,2-11H2,1H3,(H,16,17);1H. The average molecular weight is 339 g/mol. The molecule has 21 heavy (non-hydrogen) atoms. The smallest absolute Gasteiger partial charge is 0.241 e. The van der Waals surface area contributed by atoms with Crippen molar-refractivity contribution in [1.29, 1.82) is 0 Å². The van der Waals surface area contributed by atoms with Crippen molar-refractivity contribution in [3.63, 3.8) is 0 Å². The van der Waals surface area contributed by atoms with Crippen LogP contribution in [-0.2, 0) is 14.6 Å². The number of carbonyl (C=O) groups excluding carboxylic acids is 1. The van der Waals surface area contributed by atoms with Gasteiger partial charge in [0, 0.05) is 12.8 Å². The Labute approximate surface area is 134 Å². The molecule has 0 aromatic heterocycles. The minimum atomic E-state index is -3.39. The van der Waals surface area contributed by atoms with Gasteiger partial charge in [0.05, 0.1) is 0 Å². The second kappa shape index (κ2) is 7.79. The lowest BCUT2D eigenvalue weighted by Gasteiger charge is -2.35. The number of hydrogen-bond acceptors (Lipinski definition) is 4. The van der Waals surface area contributed by atoms with E-state index >= 15 is 0 Å². The van der Waals surface area contributed by atoms with E-state index in [1.165, 1.54) is 25.5 Å². The van der Waals surface area contributed by atoms with E-state index in [2.05, 4.69) is 10.6 Å². The molecule has 1 amide bonds. The second-order valence-corrected chi connectivity index (χ2v) is 8.56. The molecular formula is C14H27ClN2O3S. The first kappa shape index (κ1) is 18.7. The minimum absolute atomic E-state index is 0. The molecule has 0 unspecified atom stereocenters. The molecule has 0 spiro atoms. The summed E-state index contributed by atoms with van der Waals surface area (Å²) in [4.78, 5) is 12.5. The number of hydrogen-bond donors (Lipinski definition) is 2. The van der Waals surface area contributed by atoms with Gasteiger partial charge in [-0.25, -0.2) is 8.42 Å². The molecule has 0 radical (unpaired) electrons. The largest absolute Gasteiger partial charge is 0.354 e. The van der Waals surface area contributed by atoms with Gasteiger partial charge in [-0.05, 0) is 44.7 Å². The molecule has 124 valence electrons. The van der Waals surface area contributed by atoms with Crippen LogP contribution in [-0.4, -0.2) is 45.0 Å². The zero-order valence-electron chi connectivity index (χ0n) is 12.7. The average Bonchev–Trinajstić information content (AvgIpc) is 2.45. The zero-order chi connectivity index (χ0) is 14.6. The Balaban J connectivity index is 0.00000220. The molecule has 2 aliphatic rings. The summed E-state index contributed by atoms with van der Waals surface area (Å²) < 4.78 is 23.0. The van der Waals surface area contributed by atoms with Crippen LogP contribution in [0.1, 0.15) is 44.9 Å². The third-order valence-corrected chi connectivity index (χ3v) is 6.82. The predicted molar refractivity (Wildman–Crippen MR) is 86.5 cm³/mol. The van der Waals surface area contributed by atoms with Crippen LogP contribution in [0.3, 0.4) is 0 Å². The van der Waals surface area contributed by atoms with E-state index < -0.39 is 14.6 Å². The molecule has 2 N–H and O–H groups in total. The van der Waals surface area contributed by atoms with Crippen molar-refractivity contribution >= 4 is 28.2 Å². The van der Waals surface area contributed by atoms with Crippen LogP contribution >= 0.6 is 12.4 Å². The highest BCUT2D eigenvalue weighted by molar-refractivity contribution is 7.92. The summed E-state index contributed by atoms with van der Waals surface area (Å²) in [7, 11) is -3.39. The van der Waals surface area contributed by atoms with Crippen LogP contribution in [0.5, 0.6) is 0 Å². The van der Waals surface area contributed by atoms with Crippen molar-refractivity contribution in [3.8, 4) is 0 Å². The van der Waals surface area contributed by atoms with Crippen molar-refractivity contribution in [3.05, 3.63) is 0 Å². The maximum atomic E-state index is 12.5. The van der Waals surface area contributed by atoms with Gasteiger partial charge in [0.2, 0.25) is 5.91 Å². The Morgan fingerprint density at radius 1 is 1.19 bits per heavy atom. The highest BCUT2D eigenvalue weighted by Crippen LogP contribution is 2.28. The third kappa shape index (κ3) is 4.33. The van der Waals surface area contributed by atoms with Crippen LogP contribution in [0.15, 0.2) is 0 Å². The highest BCUT2D eigenvalue weighted by Gasteiger charge is 2.48. The molecule has 1 saturated heterocycles. The summed E-state index contributed by atoms with van der Waals surface area (Å²) in [6.07, 6.45) is 7.97. The van der Waals surface area contributed by atoms with Crippen LogP contribution in [0.4, 0.5) is 0 Å². The molecule has 1 saturated carbocycles. The van der Waals surface area contributed by atoms with E-state index in [4.69, 9.17) is 0 Å². The summed E-state index contributed by atoms with van der Waals surface area (Å²) in [5.41, 5.74) is 0. The Morgan fingerprint density at radius 2 is 1.76 bits per heavy atom. The molecule has 0 aromatic rings. The number of rotatable bonds is 4. The molecule has 1 aliphatic carbocycles. The fraction of sp³-hybridized carbons (Fsp3) is 0.929. The maximum absolute atomic E-state index is 12.5. The molecular weight excluding hydrogens is 312 g/mol. The summed E-state index contributed by atoms with van der Waals surface area (Å²) in [6, 6.07) is 0.